The smallest absolute Gasteiger partial charge is 0.412 e. The van der Waals surface area contributed by atoms with Crippen molar-refractivity contribution in [2.24, 2.45) is 5.92 Å². The number of nitrogens with zero attached hydrogens (tertiary/aromatic N) is 1. The highest BCUT2D eigenvalue weighted by molar-refractivity contribution is 6.05. The zero-order valence-electron chi connectivity index (χ0n) is 19.9. The average molecular weight is 466 g/mol. The average Bonchev–Trinajstić information content (AvgIpc) is 3.15. The molecule has 180 valence electrons. The van der Waals surface area contributed by atoms with Gasteiger partial charge in [-0.3, -0.25) is 14.9 Å². The van der Waals surface area contributed by atoms with Crippen LogP contribution in [0.3, 0.4) is 0 Å². The third-order valence-electron chi connectivity index (χ3n) is 5.43. The van der Waals surface area contributed by atoms with Gasteiger partial charge in [-0.25, -0.2) is 4.79 Å². The standard InChI is InChI=1S/C26H31N3O5/c1-26(2,3)34-25(33)28-22-8-6-5-7-21(22)27-23(30)14-11-17-9-12-18(13-10-17)19-15-29(4)16-20(19)24(31)32/h5-14,19-20H,15-16H2,1-4H3,(H,27,30)(H,28,33)(H,31,32). The van der Waals surface area contributed by atoms with Crippen molar-refractivity contribution in [3.8, 4) is 0 Å². The van der Waals surface area contributed by atoms with Gasteiger partial charge in [0.1, 0.15) is 5.60 Å². The van der Waals surface area contributed by atoms with Crippen molar-refractivity contribution in [2.75, 3.05) is 30.8 Å². The minimum absolute atomic E-state index is 0.0576. The maximum atomic E-state index is 12.5. The zero-order chi connectivity index (χ0) is 24.9. The van der Waals surface area contributed by atoms with E-state index in [1.807, 2.05) is 36.2 Å². The lowest BCUT2D eigenvalue weighted by molar-refractivity contribution is -0.141. The van der Waals surface area contributed by atoms with Crippen LogP contribution in [0, 0.1) is 5.92 Å². The number of nitrogens with one attached hydrogen (secondary N) is 2. The van der Waals surface area contributed by atoms with E-state index in [1.54, 1.807) is 51.1 Å². The molecule has 1 aliphatic heterocycles. The van der Waals surface area contributed by atoms with E-state index < -0.39 is 23.6 Å². The van der Waals surface area contributed by atoms with Crippen LogP contribution < -0.4 is 10.6 Å². The first-order chi connectivity index (χ1) is 16.0. The molecule has 1 saturated heterocycles. The minimum Gasteiger partial charge on any atom is -0.481 e. The molecule has 1 aliphatic rings. The summed E-state index contributed by atoms with van der Waals surface area (Å²) >= 11 is 0. The highest BCUT2D eigenvalue weighted by Gasteiger charge is 2.36. The van der Waals surface area contributed by atoms with E-state index in [0.717, 1.165) is 11.1 Å². The first kappa shape index (κ1) is 25.0. The number of ether oxygens (including phenoxy) is 1. The fraction of sp³-hybridized carbons (Fsp3) is 0.346. The number of aliphatic carboxylic acids is 1. The van der Waals surface area contributed by atoms with Gasteiger partial charge in [0.15, 0.2) is 0 Å². The van der Waals surface area contributed by atoms with Gasteiger partial charge in [-0.1, -0.05) is 36.4 Å². The number of carboxylic acids is 1. The molecule has 0 aromatic heterocycles. The molecule has 34 heavy (non-hydrogen) atoms. The van der Waals surface area contributed by atoms with Gasteiger partial charge in [-0.15, -0.1) is 0 Å². The molecule has 0 aliphatic carbocycles. The predicted molar refractivity (Wildman–Crippen MR) is 132 cm³/mol. The molecule has 2 aromatic carbocycles. The maximum absolute atomic E-state index is 12.5. The lowest BCUT2D eigenvalue weighted by atomic mass is 9.88. The Balaban J connectivity index is 1.63. The fourth-order valence-electron chi connectivity index (χ4n) is 3.90. The maximum Gasteiger partial charge on any atom is 0.412 e. The second-order valence-corrected chi connectivity index (χ2v) is 9.43. The molecule has 0 bridgehead atoms. The Morgan fingerprint density at radius 2 is 1.62 bits per heavy atom. The molecule has 0 spiro atoms. The summed E-state index contributed by atoms with van der Waals surface area (Å²) in [7, 11) is 1.92. The Kier molecular flexibility index (Phi) is 7.73. The number of rotatable bonds is 6. The summed E-state index contributed by atoms with van der Waals surface area (Å²) < 4.78 is 5.27. The number of likely N-dealkylation sites (N-methyl/N-ethyl adjacent to an activating group) is 1. The molecule has 2 aromatic rings. The number of hydrogen-bond acceptors (Lipinski definition) is 5. The molecule has 2 amide bonds. The Bertz CT molecular complexity index is 1070. The summed E-state index contributed by atoms with van der Waals surface area (Å²) in [6, 6.07) is 14.4. The van der Waals surface area contributed by atoms with E-state index in [2.05, 4.69) is 10.6 Å². The monoisotopic (exact) mass is 465 g/mol. The van der Waals surface area contributed by atoms with E-state index in [0.29, 0.717) is 24.5 Å². The number of para-hydroxylation sites is 2. The summed E-state index contributed by atoms with van der Waals surface area (Å²) in [5.41, 5.74) is 2.03. The van der Waals surface area contributed by atoms with Crippen LogP contribution in [0.25, 0.3) is 6.08 Å². The second-order valence-electron chi connectivity index (χ2n) is 9.43. The molecular formula is C26H31N3O5. The third-order valence-corrected chi connectivity index (χ3v) is 5.43. The van der Waals surface area contributed by atoms with Crippen LogP contribution in [-0.2, 0) is 14.3 Å². The predicted octanol–water partition coefficient (Wildman–Crippen LogP) is 4.42. The Morgan fingerprint density at radius 3 is 2.21 bits per heavy atom. The van der Waals surface area contributed by atoms with Crippen molar-refractivity contribution in [3.05, 3.63) is 65.7 Å². The summed E-state index contributed by atoms with van der Waals surface area (Å²) in [4.78, 5) is 38.1. The van der Waals surface area contributed by atoms with Gasteiger partial charge in [0.05, 0.1) is 17.3 Å². The topological polar surface area (TPSA) is 108 Å². The molecule has 3 N–H and O–H groups in total. The van der Waals surface area contributed by atoms with Crippen molar-refractivity contribution in [2.45, 2.75) is 32.3 Å². The molecule has 3 rings (SSSR count). The largest absolute Gasteiger partial charge is 0.481 e. The number of amides is 2. The van der Waals surface area contributed by atoms with Crippen molar-refractivity contribution in [1.82, 2.24) is 4.90 Å². The van der Waals surface area contributed by atoms with Crippen LogP contribution in [0.4, 0.5) is 16.2 Å². The van der Waals surface area contributed by atoms with E-state index in [1.165, 1.54) is 6.08 Å². The second kappa shape index (κ2) is 10.5. The number of carbonyl (C=O) groups is 3. The lowest BCUT2D eigenvalue weighted by Crippen LogP contribution is -2.27. The SMILES string of the molecule is CN1CC(C(=O)O)C(c2ccc(C=CC(=O)Nc3ccccc3NC(=O)OC(C)(C)C)cc2)C1. The zero-order valence-corrected chi connectivity index (χ0v) is 19.9. The van der Waals surface area contributed by atoms with Gasteiger partial charge >= 0.3 is 12.1 Å². The van der Waals surface area contributed by atoms with Gasteiger partial charge in [-0.2, -0.15) is 0 Å². The van der Waals surface area contributed by atoms with E-state index in [9.17, 15) is 19.5 Å². The number of carbonyl (C=O) groups excluding carboxylic acids is 2. The molecule has 0 radical (unpaired) electrons. The molecule has 1 heterocycles. The number of anilines is 2. The van der Waals surface area contributed by atoms with E-state index in [4.69, 9.17) is 4.74 Å². The van der Waals surface area contributed by atoms with Crippen molar-refractivity contribution in [1.29, 1.82) is 0 Å². The number of benzene rings is 2. The van der Waals surface area contributed by atoms with Gasteiger partial charge in [-0.05, 0) is 57.2 Å². The van der Waals surface area contributed by atoms with E-state index in [-0.39, 0.29) is 11.8 Å². The number of carboxylic acid groups (broad SMARTS) is 1. The normalized spacial score (nSPS) is 18.6. The number of likely N-dealkylation sites (tertiary alicyclic amines) is 1. The molecule has 0 saturated carbocycles. The van der Waals surface area contributed by atoms with E-state index >= 15 is 0 Å². The summed E-state index contributed by atoms with van der Waals surface area (Å²) in [6.45, 7) is 6.55. The van der Waals surface area contributed by atoms with Crippen molar-refractivity contribution in [3.63, 3.8) is 0 Å². The molecular weight excluding hydrogens is 434 g/mol. The Hall–Kier alpha value is -3.65. The van der Waals surface area contributed by atoms with Crippen LogP contribution in [0.5, 0.6) is 0 Å². The highest BCUT2D eigenvalue weighted by atomic mass is 16.6. The Morgan fingerprint density at radius 1 is 1.00 bits per heavy atom. The summed E-state index contributed by atoms with van der Waals surface area (Å²) in [5, 5.41) is 14.9. The number of hydrogen-bond donors (Lipinski definition) is 3. The van der Waals surface area contributed by atoms with Gasteiger partial charge < -0.3 is 20.1 Å². The van der Waals surface area contributed by atoms with Crippen molar-refractivity contribution >= 4 is 35.4 Å². The van der Waals surface area contributed by atoms with Crippen molar-refractivity contribution < 1.29 is 24.2 Å². The molecule has 2 unspecified atom stereocenters. The first-order valence-corrected chi connectivity index (χ1v) is 11.1. The molecule has 8 nitrogen and oxygen atoms in total. The lowest BCUT2D eigenvalue weighted by Gasteiger charge is -2.20. The summed E-state index contributed by atoms with van der Waals surface area (Å²) in [6.07, 6.45) is 2.48. The van der Waals surface area contributed by atoms with Crippen LogP contribution in [-0.4, -0.2) is 53.7 Å². The molecule has 8 heteroatoms. The highest BCUT2D eigenvalue weighted by Crippen LogP contribution is 2.32. The minimum atomic E-state index is -0.781. The van der Waals surface area contributed by atoms with Gasteiger partial charge in [0, 0.05) is 25.1 Å². The van der Waals surface area contributed by atoms with Crippen LogP contribution in [0.2, 0.25) is 0 Å². The van der Waals surface area contributed by atoms with Crippen LogP contribution in [0.15, 0.2) is 54.6 Å². The third kappa shape index (κ3) is 6.92. The van der Waals surface area contributed by atoms with Crippen LogP contribution >= 0.6 is 0 Å². The molecule has 2 atom stereocenters. The quantitative estimate of drug-likeness (QED) is 0.545. The van der Waals surface area contributed by atoms with Gasteiger partial charge in [0.25, 0.3) is 0 Å². The van der Waals surface area contributed by atoms with Crippen LogP contribution in [0.1, 0.15) is 37.8 Å². The fourth-order valence-corrected chi connectivity index (χ4v) is 3.90. The Labute approximate surface area is 199 Å². The van der Waals surface area contributed by atoms with Gasteiger partial charge in [0.2, 0.25) is 5.91 Å². The first-order valence-electron chi connectivity index (χ1n) is 11.1. The summed E-state index contributed by atoms with van der Waals surface area (Å²) in [5.74, 6) is -1.62. The molecule has 1 fully saturated rings.